The van der Waals surface area contributed by atoms with Crippen molar-refractivity contribution in [2.45, 2.75) is 13.8 Å². The molecule has 0 saturated heterocycles. The molecule has 1 aromatic heterocycles. The molecule has 0 atom stereocenters. The molecular weight excluding hydrogens is 265 g/mol. The molecule has 8 heteroatoms. The zero-order valence-electron chi connectivity index (χ0n) is 10.8. The van der Waals surface area contributed by atoms with E-state index in [0.717, 1.165) is 6.07 Å². The summed E-state index contributed by atoms with van der Waals surface area (Å²) in [7, 11) is 0. The van der Waals surface area contributed by atoms with Gasteiger partial charge in [-0.3, -0.25) is 14.7 Å². The van der Waals surface area contributed by atoms with E-state index >= 15 is 0 Å². The minimum atomic E-state index is -0.784. The van der Waals surface area contributed by atoms with Crippen LogP contribution in [0.2, 0.25) is 0 Å². The van der Waals surface area contributed by atoms with Gasteiger partial charge in [0.05, 0.1) is 0 Å². The first-order chi connectivity index (χ1) is 9.38. The van der Waals surface area contributed by atoms with E-state index < -0.39 is 17.6 Å². The molecule has 0 spiro atoms. The van der Waals surface area contributed by atoms with Crippen LogP contribution >= 0.6 is 0 Å². The number of aromatic amines is 1. The maximum atomic E-state index is 13.7. The molecule has 2 rings (SSSR count). The molecule has 0 fully saturated rings. The molecule has 7 nitrogen and oxygen atoms in total. The summed E-state index contributed by atoms with van der Waals surface area (Å²) in [6.45, 7) is 3.11. The number of H-pyrrole nitrogens is 1. The number of carbonyl (C=O) groups is 2. The third-order valence-electron chi connectivity index (χ3n) is 2.68. The summed E-state index contributed by atoms with van der Waals surface area (Å²) in [5, 5.41) is 8.65. The molecule has 1 heterocycles. The Labute approximate surface area is 113 Å². The van der Waals surface area contributed by atoms with Crippen molar-refractivity contribution in [2.24, 2.45) is 5.73 Å². The number of primary amides is 1. The number of anilines is 1. The topological polar surface area (TPSA) is 114 Å². The van der Waals surface area contributed by atoms with Gasteiger partial charge in [-0.15, -0.1) is 5.10 Å². The second kappa shape index (κ2) is 5.08. The van der Waals surface area contributed by atoms with Gasteiger partial charge in [-0.2, -0.15) is 0 Å². The van der Waals surface area contributed by atoms with E-state index in [4.69, 9.17) is 5.73 Å². The molecule has 0 radical (unpaired) electrons. The van der Waals surface area contributed by atoms with E-state index in [1.54, 1.807) is 6.92 Å². The van der Waals surface area contributed by atoms with E-state index in [0.29, 0.717) is 5.82 Å². The molecule has 0 aliphatic carbocycles. The van der Waals surface area contributed by atoms with Crippen molar-refractivity contribution in [1.29, 1.82) is 0 Å². The average molecular weight is 277 g/mol. The van der Waals surface area contributed by atoms with Crippen LogP contribution < -0.4 is 11.1 Å². The summed E-state index contributed by atoms with van der Waals surface area (Å²) in [5.74, 6) is -1.63. The number of nitrogens with two attached hydrogens (primary N) is 1. The normalized spacial score (nSPS) is 10.3. The number of rotatable bonds is 3. The number of hydrogen-bond acceptors (Lipinski definition) is 4. The lowest BCUT2D eigenvalue weighted by atomic mass is 10.1. The summed E-state index contributed by atoms with van der Waals surface area (Å²) in [5.41, 5.74) is 5.40. The maximum absolute atomic E-state index is 13.7. The van der Waals surface area contributed by atoms with Crippen LogP contribution in [-0.2, 0) is 0 Å². The van der Waals surface area contributed by atoms with Gasteiger partial charge in [-0.05, 0) is 26.0 Å². The number of aromatic nitrogens is 3. The second-order valence-electron chi connectivity index (χ2n) is 4.19. The SMILES string of the molecule is Cc1nc(C(=O)Nc2cc(C(N)=O)cc(F)c2C)n[nH]1. The zero-order chi connectivity index (χ0) is 14.9. The van der Waals surface area contributed by atoms with Gasteiger partial charge in [0.25, 0.3) is 5.91 Å². The Morgan fingerprint density at radius 2 is 2.05 bits per heavy atom. The smallest absolute Gasteiger partial charge is 0.295 e. The van der Waals surface area contributed by atoms with Gasteiger partial charge in [-0.1, -0.05) is 0 Å². The second-order valence-corrected chi connectivity index (χ2v) is 4.19. The lowest BCUT2D eigenvalue weighted by molar-refractivity contribution is 0.0994. The van der Waals surface area contributed by atoms with Crippen molar-refractivity contribution in [2.75, 3.05) is 5.32 Å². The molecule has 2 amide bonds. The minimum Gasteiger partial charge on any atom is -0.366 e. The van der Waals surface area contributed by atoms with Gasteiger partial charge in [0.2, 0.25) is 11.7 Å². The third kappa shape index (κ3) is 2.63. The van der Waals surface area contributed by atoms with Crippen LogP contribution in [0.1, 0.15) is 32.4 Å². The Balaban J connectivity index is 2.33. The fourth-order valence-electron chi connectivity index (χ4n) is 1.57. The number of aryl methyl sites for hydroxylation is 1. The molecule has 0 unspecified atom stereocenters. The Morgan fingerprint density at radius 3 is 2.60 bits per heavy atom. The van der Waals surface area contributed by atoms with Crippen LogP contribution in [0, 0.1) is 19.7 Å². The standard InChI is InChI=1S/C12H12FN5O2/c1-5-8(13)3-7(10(14)19)4-9(5)16-12(20)11-15-6(2)17-18-11/h3-4H,1-2H3,(H2,14,19)(H,16,20)(H,15,17,18). The third-order valence-corrected chi connectivity index (χ3v) is 2.68. The zero-order valence-corrected chi connectivity index (χ0v) is 10.8. The molecule has 1 aromatic carbocycles. The summed E-state index contributed by atoms with van der Waals surface area (Å²) >= 11 is 0. The lowest BCUT2D eigenvalue weighted by Crippen LogP contribution is -2.17. The first-order valence-corrected chi connectivity index (χ1v) is 5.69. The highest BCUT2D eigenvalue weighted by atomic mass is 19.1. The van der Waals surface area contributed by atoms with Crippen LogP contribution in [0.4, 0.5) is 10.1 Å². The van der Waals surface area contributed by atoms with E-state index in [9.17, 15) is 14.0 Å². The number of halogens is 1. The van der Waals surface area contributed by atoms with Crippen molar-refractivity contribution in [3.63, 3.8) is 0 Å². The Bertz CT molecular complexity index is 695. The Morgan fingerprint density at radius 1 is 1.35 bits per heavy atom. The molecule has 4 N–H and O–H groups in total. The van der Waals surface area contributed by atoms with Crippen molar-refractivity contribution < 1.29 is 14.0 Å². The largest absolute Gasteiger partial charge is 0.366 e. The number of nitrogens with zero attached hydrogens (tertiary/aromatic N) is 2. The maximum Gasteiger partial charge on any atom is 0.295 e. The molecule has 0 aliphatic heterocycles. The van der Waals surface area contributed by atoms with E-state index in [2.05, 4.69) is 20.5 Å². The highest BCUT2D eigenvalue weighted by molar-refractivity contribution is 6.03. The van der Waals surface area contributed by atoms with Crippen molar-refractivity contribution >= 4 is 17.5 Å². The van der Waals surface area contributed by atoms with Gasteiger partial charge in [0, 0.05) is 16.8 Å². The minimum absolute atomic E-state index is 0.0328. The number of nitrogens with one attached hydrogen (secondary N) is 2. The number of hydrogen-bond donors (Lipinski definition) is 3. The average Bonchev–Trinajstić information content (AvgIpc) is 2.81. The Hall–Kier alpha value is -2.77. The van der Waals surface area contributed by atoms with Crippen LogP contribution in [0.15, 0.2) is 12.1 Å². The van der Waals surface area contributed by atoms with E-state index in [1.807, 2.05) is 0 Å². The molecule has 20 heavy (non-hydrogen) atoms. The Kier molecular flexibility index (Phi) is 3.47. The fraction of sp³-hybridized carbons (Fsp3) is 0.167. The first-order valence-electron chi connectivity index (χ1n) is 5.69. The van der Waals surface area contributed by atoms with Crippen LogP contribution in [0.5, 0.6) is 0 Å². The van der Waals surface area contributed by atoms with Crippen molar-refractivity contribution in [1.82, 2.24) is 15.2 Å². The fourth-order valence-corrected chi connectivity index (χ4v) is 1.57. The molecule has 104 valence electrons. The molecular formula is C12H12FN5O2. The van der Waals surface area contributed by atoms with E-state index in [1.165, 1.54) is 13.0 Å². The van der Waals surface area contributed by atoms with Gasteiger partial charge >= 0.3 is 0 Å². The van der Waals surface area contributed by atoms with Crippen LogP contribution in [0.25, 0.3) is 0 Å². The summed E-state index contributed by atoms with van der Waals surface area (Å²) in [6.07, 6.45) is 0. The van der Waals surface area contributed by atoms with Gasteiger partial charge in [0.1, 0.15) is 11.6 Å². The van der Waals surface area contributed by atoms with Gasteiger partial charge < -0.3 is 11.1 Å². The number of amides is 2. The molecule has 0 bridgehead atoms. The van der Waals surface area contributed by atoms with Crippen LogP contribution in [-0.4, -0.2) is 27.0 Å². The summed E-state index contributed by atoms with van der Waals surface area (Å²) in [6, 6.07) is 2.32. The quantitative estimate of drug-likeness (QED) is 0.773. The number of benzene rings is 1. The number of carbonyl (C=O) groups excluding carboxylic acids is 2. The van der Waals surface area contributed by atoms with E-state index in [-0.39, 0.29) is 22.6 Å². The predicted molar refractivity (Wildman–Crippen MR) is 68.7 cm³/mol. The highest BCUT2D eigenvalue weighted by Crippen LogP contribution is 2.21. The monoisotopic (exact) mass is 277 g/mol. The van der Waals surface area contributed by atoms with Gasteiger partial charge in [-0.25, -0.2) is 9.37 Å². The predicted octanol–water partition coefficient (Wildman–Crippen LogP) is 0.912. The van der Waals surface area contributed by atoms with Crippen molar-refractivity contribution in [3.8, 4) is 0 Å². The lowest BCUT2D eigenvalue weighted by Gasteiger charge is -2.09. The highest BCUT2D eigenvalue weighted by Gasteiger charge is 2.16. The molecule has 2 aromatic rings. The summed E-state index contributed by atoms with van der Waals surface area (Å²) < 4.78 is 13.7. The van der Waals surface area contributed by atoms with Crippen LogP contribution in [0.3, 0.4) is 0 Å². The van der Waals surface area contributed by atoms with Crippen molar-refractivity contribution in [3.05, 3.63) is 40.7 Å². The van der Waals surface area contributed by atoms with Gasteiger partial charge in [0.15, 0.2) is 0 Å². The molecule has 0 saturated carbocycles. The molecule has 0 aliphatic rings. The first kappa shape index (κ1) is 13.7. The summed E-state index contributed by atoms with van der Waals surface area (Å²) in [4.78, 5) is 26.8.